The van der Waals surface area contributed by atoms with Crippen LogP contribution in [0.4, 0.5) is 0 Å². The molecule has 0 aliphatic heterocycles. The molecule has 0 fully saturated rings. The van der Waals surface area contributed by atoms with Gasteiger partial charge in [0.15, 0.2) is 5.82 Å². The van der Waals surface area contributed by atoms with E-state index in [-0.39, 0.29) is 0 Å². The van der Waals surface area contributed by atoms with E-state index in [0.717, 1.165) is 17.9 Å². The lowest BCUT2D eigenvalue weighted by molar-refractivity contribution is 0.631. The molecule has 0 bridgehead atoms. The maximum absolute atomic E-state index is 4.00. The smallest absolute Gasteiger partial charge is 0.182 e. The Balaban J connectivity index is 2.49. The average molecular weight is 188 g/mol. The quantitative estimate of drug-likeness (QED) is 0.720. The zero-order chi connectivity index (χ0) is 9.97. The molecular weight excluding hydrogens is 176 g/mol. The van der Waals surface area contributed by atoms with Crippen LogP contribution in [0.5, 0.6) is 0 Å². The second-order valence-corrected chi connectivity index (χ2v) is 3.19. The molecule has 72 valence electrons. The van der Waals surface area contributed by atoms with Crippen molar-refractivity contribution >= 4 is 0 Å². The minimum Gasteiger partial charge on any atom is -0.226 e. The first kappa shape index (κ1) is 8.87. The van der Waals surface area contributed by atoms with Gasteiger partial charge in [-0.3, -0.25) is 0 Å². The Kier molecular flexibility index (Phi) is 2.26. The highest BCUT2D eigenvalue weighted by atomic mass is 15.5. The summed E-state index contributed by atoms with van der Waals surface area (Å²) < 4.78 is 1.79. The molecular formula is C10H12N4. The Morgan fingerprint density at radius 2 is 2.21 bits per heavy atom. The van der Waals surface area contributed by atoms with Gasteiger partial charge in [-0.15, -0.1) is 5.10 Å². The lowest BCUT2D eigenvalue weighted by atomic mass is 10.1. The molecule has 0 aliphatic carbocycles. The molecule has 0 aliphatic rings. The van der Waals surface area contributed by atoms with Crippen LogP contribution < -0.4 is 0 Å². The van der Waals surface area contributed by atoms with Crippen LogP contribution in [0, 0.1) is 6.92 Å². The number of benzene rings is 1. The zero-order valence-electron chi connectivity index (χ0n) is 8.31. The molecule has 1 heterocycles. The van der Waals surface area contributed by atoms with E-state index in [4.69, 9.17) is 0 Å². The molecule has 0 atom stereocenters. The molecule has 0 saturated carbocycles. The van der Waals surface area contributed by atoms with Gasteiger partial charge in [-0.2, -0.15) is 0 Å². The van der Waals surface area contributed by atoms with E-state index in [0.29, 0.717) is 0 Å². The normalized spacial score (nSPS) is 10.4. The predicted octanol–water partition coefficient (Wildman–Crippen LogP) is 1.67. The standard InChI is InChI=1S/C10H12N4/c1-3-14-10(11-12-13-14)9-6-4-5-8(2)7-9/h4-7H,3H2,1-2H3. The number of hydrogen-bond donors (Lipinski definition) is 0. The fourth-order valence-corrected chi connectivity index (χ4v) is 1.41. The maximum Gasteiger partial charge on any atom is 0.182 e. The van der Waals surface area contributed by atoms with E-state index < -0.39 is 0 Å². The van der Waals surface area contributed by atoms with Gasteiger partial charge < -0.3 is 0 Å². The summed E-state index contributed by atoms with van der Waals surface area (Å²) in [5, 5.41) is 11.6. The lowest BCUT2D eigenvalue weighted by Crippen LogP contribution is -1.99. The van der Waals surface area contributed by atoms with Gasteiger partial charge in [0, 0.05) is 12.1 Å². The van der Waals surface area contributed by atoms with Gasteiger partial charge in [0.1, 0.15) is 0 Å². The summed E-state index contributed by atoms with van der Waals surface area (Å²) in [5.74, 6) is 0.830. The first-order chi connectivity index (χ1) is 6.81. The predicted molar refractivity (Wildman–Crippen MR) is 53.7 cm³/mol. The van der Waals surface area contributed by atoms with Crippen molar-refractivity contribution in [1.29, 1.82) is 0 Å². The van der Waals surface area contributed by atoms with Crippen LogP contribution in [0.25, 0.3) is 11.4 Å². The molecule has 4 heteroatoms. The third kappa shape index (κ3) is 1.51. The minimum absolute atomic E-state index is 0.788. The molecule has 0 radical (unpaired) electrons. The van der Waals surface area contributed by atoms with Crippen molar-refractivity contribution in [2.24, 2.45) is 0 Å². The topological polar surface area (TPSA) is 43.6 Å². The summed E-state index contributed by atoms with van der Waals surface area (Å²) in [7, 11) is 0. The van der Waals surface area contributed by atoms with E-state index >= 15 is 0 Å². The number of tetrazole rings is 1. The number of nitrogens with zero attached hydrogens (tertiary/aromatic N) is 4. The van der Waals surface area contributed by atoms with Crippen molar-refractivity contribution in [1.82, 2.24) is 20.2 Å². The zero-order valence-corrected chi connectivity index (χ0v) is 8.31. The average Bonchev–Trinajstić information content (AvgIpc) is 2.65. The molecule has 0 amide bonds. The third-order valence-electron chi connectivity index (χ3n) is 2.11. The van der Waals surface area contributed by atoms with Gasteiger partial charge in [0.25, 0.3) is 0 Å². The summed E-state index contributed by atoms with van der Waals surface area (Å²) in [4.78, 5) is 0. The summed E-state index contributed by atoms with van der Waals surface area (Å²) >= 11 is 0. The molecule has 1 aromatic carbocycles. The van der Waals surface area contributed by atoms with Crippen molar-refractivity contribution in [3.05, 3.63) is 29.8 Å². The fourth-order valence-electron chi connectivity index (χ4n) is 1.41. The molecule has 4 nitrogen and oxygen atoms in total. The number of rotatable bonds is 2. The van der Waals surface area contributed by atoms with E-state index in [1.165, 1.54) is 5.56 Å². The number of aromatic nitrogens is 4. The Hall–Kier alpha value is -1.71. The van der Waals surface area contributed by atoms with Crippen molar-refractivity contribution in [3.63, 3.8) is 0 Å². The third-order valence-corrected chi connectivity index (χ3v) is 2.11. The Morgan fingerprint density at radius 3 is 2.93 bits per heavy atom. The van der Waals surface area contributed by atoms with Crippen LogP contribution in [-0.2, 0) is 6.54 Å². The van der Waals surface area contributed by atoms with Crippen LogP contribution in [0.3, 0.4) is 0 Å². The Bertz CT molecular complexity index is 433. The molecule has 0 unspecified atom stereocenters. The van der Waals surface area contributed by atoms with Gasteiger partial charge in [-0.25, -0.2) is 4.68 Å². The molecule has 0 saturated heterocycles. The van der Waals surface area contributed by atoms with E-state index in [1.54, 1.807) is 4.68 Å². The van der Waals surface area contributed by atoms with Gasteiger partial charge in [0.2, 0.25) is 0 Å². The minimum atomic E-state index is 0.788. The largest absolute Gasteiger partial charge is 0.226 e. The molecule has 1 aromatic heterocycles. The van der Waals surface area contributed by atoms with E-state index in [9.17, 15) is 0 Å². The van der Waals surface area contributed by atoms with E-state index in [2.05, 4.69) is 34.6 Å². The maximum atomic E-state index is 4.00. The van der Waals surface area contributed by atoms with Crippen molar-refractivity contribution < 1.29 is 0 Å². The molecule has 14 heavy (non-hydrogen) atoms. The highest BCUT2D eigenvalue weighted by Crippen LogP contribution is 2.16. The highest BCUT2D eigenvalue weighted by Gasteiger charge is 2.06. The monoisotopic (exact) mass is 188 g/mol. The Morgan fingerprint density at radius 1 is 1.36 bits per heavy atom. The Labute approximate surface area is 82.6 Å². The first-order valence-electron chi connectivity index (χ1n) is 4.64. The van der Waals surface area contributed by atoms with Gasteiger partial charge in [0.05, 0.1) is 0 Å². The van der Waals surface area contributed by atoms with Crippen LogP contribution in [0.1, 0.15) is 12.5 Å². The lowest BCUT2D eigenvalue weighted by Gasteiger charge is -2.01. The van der Waals surface area contributed by atoms with Crippen molar-refractivity contribution in [3.8, 4) is 11.4 Å². The van der Waals surface area contributed by atoms with Gasteiger partial charge in [-0.05, 0) is 30.3 Å². The summed E-state index contributed by atoms with van der Waals surface area (Å²) in [6, 6.07) is 8.17. The van der Waals surface area contributed by atoms with Crippen LogP contribution in [0.15, 0.2) is 24.3 Å². The summed E-state index contributed by atoms with van der Waals surface area (Å²) in [5.41, 5.74) is 2.28. The van der Waals surface area contributed by atoms with Gasteiger partial charge >= 0.3 is 0 Å². The second-order valence-electron chi connectivity index (χ2n) is 3.19. The molecule has 2 aromatic rings. The van der Waals surface area contributed by atoms with Gasteiger partial charge in [-0.1, -0.05) is 23.8 Å². The number of hydrogen-bond acceptors (Lipinski definition) is 3. The van der Waals surface area contributed by atoms with Crippen molar-refractivity contribution in [2.45, 2.75) is 20.4 Å². The van der Waals surface area contributed by atoms with Crippen LogP contribution in [0.2, 0.25) is 0 Å². The number of aryl methyl sites for hydroxylation is 2. The molecule has 0 N–H and O–H groups in total. The van der Waals surface area contributed by atoms with Crippen LogP contribution >= 0.6 is 0 Å². The molecule has 2 rings (SSSR count). The van der Waals surface area contributed by atoms with E-state index in [1.807, 2.05) is 19.1 Å². The highest BCUT2D eigenvalue weighted by molar-refractivity contribution is 5.55. The molecule has 0 spiro atoms. The fraction of sp³-hybridized carbons (Fsp3) is 0.300. The summed E-state index contributed by atoms with van der Waals surface area (Å²) in [6.07, 6.45) is 0. The summed E-state index contributed by atoms with van der Waals surface area (Å²) in [6.45, 7) is 4.87. The SMILES string of the molecule is CCn1nnnc1-c1cccc(C)c1. The first-order valence-corrected chi connectivity index (χ1v) is 4.64. The van der Waals surface area contributed by atoms with Crippen molar-refractivity contribution in [2.75, 3.05) is 0 Å². The van der Waals surface area contributed by atoms with Crippen LogP contribution in [-0.4, -0.2) is 20.2 Å². The second kappa shape index (κ2) is 3.57.